The van der Waals surface area contributed by atoms with E-state index in [0.717, 1.165) is 18.9 Å². The molecule has 3 atom stereocenters. The lowest BCUT2D eigenvalue weighted by atomic mass is 9.52. The van der Waals surface area contributed by atoms with E-state index in [-0.39, 0.29) is 0 Å². The minimum absolute atomic E-state index is 0.366. The quantitative estimate of drug-likeness (QED) is 0.748. The molecule has 1 aromatic rings. The summed E-state index contributed by atoms with van der Waals surface area (Å²) in [6.45, 7) is 3.31. The second-order valence-electron chi connectivity index (χ2n) is 6.81. The number of benzene rings is 1. The Bertz CT molecular complexity index is 520. The molecule has 0 spiro atoms. The third-order valence-corrected chi connectivity index (χ3v) is 5.98. The largest absolute Gasteiger partial charge is 0.508 e. The summed E-state index contributed by atoms with van der Waals surface area (Å²) in [5.74, 6) is 1.26. The molecule has 2 nitrogen and oxygen atoms in total. The molecule has 102 valence electrons. The maximum atomic E-state index is 10.0. The highest BCUT2D eigenvalue weighted by Gasteiger charge is 2.51. The van der Waals surface area contributed by atoms with Crippen LogP contribution in [0.2, 0.25) is 0 Å². The molecule has 0 amide bonds. The Kier molecular flexibility index (Phi) is 2.47. The van der Waals surface area contributed by atoms with Gasteiger partial charge in [-0.25, -0.2) is 0 Å². The van der Waals surface area contributed by atoms with Gasteiger partial charge >= 0.3 is 0 Å². The lowest BCUT2D eigenvalue weighted by Gasteiger charge is -2.56. The predicted octanol–water partition coefficient (Wildman–Crippen LogP) is 3.05. The molecule has 3 unspecified atom stereocenters. The molecule has 1 saturated carbocycles. The number of hydrogen-bond acceptors (Lipinski definition) is 2. The van der Waals surface area contributed by atoms with Gasteiger partial charge in [0.15, 0.2) is 0 Å². The molecule has 1 saturated heterocycles. The lowest BCUT2D eigenvalue weighted by molar-refractivity contribution is 0.0793. The summed E-state index contributed by atoms with van der Waals surface area (Å²) in [4.78, 5) is 0. The van der Waals surface area contributed by atoms with Crippen molar-refractivity contribution in [3.8, 4) is 5.75 Å². The lowest BCUT2D eigenvalue weighted by Crippen LogP contribution is -2.59. The van der Waals surface area contributed by atoms with E-state index in [0.29, 0.717) is 17.2 Å². The zero-order valence-electron chi connectivity index (χ0n) is 11.7. The Hall–Kier alpha value is -1.02. The first-order valence-corrected chi connectivity index (χ1v) is 7.77. The fraction of sp³-hybridized carbons (Fsp3) is 0.647. The van der Waals surface area contributed by atoms with E-state index < -0.39 is 0 Å². The van der Waals surface area contributed by atoms with Gasteiger partial charge in [-0.3, -0.25) is 0 Å². The van der Waals surface area contributed by atoms with Crippen LogP contribution in [-0.2, 0) is 11.8 Å². The fourth-order valence-corrected chi connectivity index (χ4v) is 5.20. The molecule has 0 aromatic heterocycles. The van der Waals surface area contributed by atoms with Crippen molar-refractivity contribution < 1.29 is 5.11 Å². The van der Waals surface area contributed by atoms with E-state index in [9.17, 15) is 5.11 Å². The molecule has 1 heterocycles. The Labute approximate surface area is 115 Å². The van der Waals surface area contributed by atoms with Crippen LogP contribution in [0.1, 0.15) is 48.8 Å². The Morgan fingerprint density at radius 3 is 3.05 bits per heavy atom. The summed E-state index contributed by atoms with van der Waals surface area (Å²) in [6, 6.07) is 4.70. The van der Waals surface area contributed by atoms with Crippen molar-refractivity contribution in [1.82, 2.24) is 5.32 Å². The van der Waals surface area contributed by atoms with Gasteiger partial charge in [0.25, 0.3) is 0 Å². The standard InChI is InChI=1S/C17H23NO/c1-11-8-12(19)9-15-13(11)10-16-14-4-2-3-5-17(14,15)6-7-18-16/h8-9,14,16,18-19H,2-7,10H2,1H3. The van der Waals surface area contributed by atoms with Crippen LogP contribution in [0.5, 0.6) is 5.75 Å². The van der Waals surface area contributed by atoms with Gasteiger partial charge in [-0.05, 0) is 73.9 Å². The first-order chi connectivity index (χ1) is 9.21. The molecular formula is C17H23NO. The normalized spacial score (nSPS) is 36.5. The van der Waals surface area contributed by atoms with Gasteiger partial charge in [0, 0.05) is 11.5 Å². The van der Waals surface area contributed by atoms with E-state index in [1.807, 2.05) is 6.07 Å². The zero-order chi connectivity index (χ0) is 13.0. The minimum Gasteiger partial charge on any atom is -0.508 e. The van der Waals surface area contributed by atoms with Crippen LogP contribution in [0.3, 0.4) is 0 Å². The summed E-state index contributed by atoms with van der Waals surface area (Å²) in [6.07, 6.45) is 7.85. The van der Waals surface area contributed by atoms with Crippen molar-refractivity contribution in [3.63, 3.8) is 0 Å². The average molecular weight is 257 g/mol. The maximum Gasteiger partial charge on any atom is 0.116 e. The SMILES string of the molecule is Cc1cc(O)cc2c1CC1NCCC23CCCCC13. The van der Waals surface area contributed by atoms with Crippen LogP contribution in [0.15, 0.2) is 12.1 Å². The van der Waals surface area contributed by atoms with Gasteiger partial charge in [-0.1, -0.05) is 12.8 Å². The van der Waals surface area contributed by atoms with Gasteiger partial charge in [0.2, 0.25) is 0 Å². The highest BCUT2D eigenvalue weighted by atomic mass is 16.3. The van der Waals surface area contributed by atoms with E-state index in [2.05, 4.69) is 18.3 Å². The number of piperidine rings is 1. The monoisotopic (exact) mass is 257 g/mol. The van der Waals surface area contributed by atoms with Gasteiger partial charge in [0.1, 0.15) is 5.75 Å². The zero-order valence-corrected chi connectivity index (χ0v) is 11.7. The van der Waals surface area contributed by atoms with Crippen LogP contribution >= 0.6 is 0 Å². The summed E-state index contributed by atoms with van der Waals surface area (Å²) in [5.41, 5.74) is 4.67. The molecule has 19 heavy (non-hydrogen) atoms. The van der Waals surface area contributed by atoms with Gasteiger partial charge in [0.05, 0.1) is 0 Å². The molecule has 2 aliphatic carbocycles. The Morgan fingerprint density at radius 1 is 1.26 bits per heavy atom. The van der Waals surface area contributed by atoms with Crippen LogP contribution in [0.4, 0.5) is 0 Å². The second-order valence-corrected chi connectivity index (χ2v) is 6.81. The van der Waals surface area contributed by atoms with E-state index in [1.165, 1.54) is 48.8 Å². The molecule has 4 rings (SSSR count). The van der Waals surface area contributed by atoms with Crippen LogP contribution in [0, 0.1) is 12.8 Å². The third-order valence-electron chi connectivity index (χ3n) is 5.98. The molecule has 2 bridgehead atoms. The summed E-state index contributed by atoms with van der Waals surface area (Å²) in [7, 11) is 0. The molecule has 1 aromatic carbocycles. The van der Waals surface area contributed by atoms with E-state index in [4.69, 9.17) is 0 Å². The number of aromatic hydroxyl groups is 1. The van der Waals surface area contributed by atoms with Crippen molar-refractivity contribution >= 4 is 0 Å². The highest BCUT2D eigenvalue weighted by Crippen LogP contribution is 2.54. The highest BCUT2D eigenvalue weighted by molar-refractivity contribution is 5.49. The molecule has 2 N–H and O–H groups in total. The van der Waals surface area contributed by atoms with Crippen molar-refractivity contribution in [3.05, 3.63) is 28.8 Å². The third kappa shape index (κ3) is 1.53. The van der Waals surface area contributed by atoms with E-state index >= 15 is 0 Å². The smallest absolute Gasteiger partial charge is 0.116 e. The Morgan fingerprint density at radius 2 is 2.16 bits per heavy atom. The first kappa shape index (κ1) is 11.8. The number of fused-ring (bicyclic) bond motifs is 1. The first-order valence-electron chi connectivity index (χ1n) is 7.77. The van der Waals surface area contributed by atoms with Crippen molar-refractivity contribution in [2.75, 3.05) is 6.54 Å². The average Bonchev–Trinajstić information content (AvgIpc) is 2.40. The van der Waals surface area contributed by atoms with E-state index in [1.54, 1.807) is 0 Å². The van der Waals surface area contributed by atoms with Crippen LogP contribution < -0.4 is 5.32 Å². The van der Waals surface area contributed by atoms with Crippen LogP contribution in [0.25, 0.3) is 0 Å². The Balaban J connectivity index is 1.94. The molecule has 1 aliphatic heterocycles. The van der Waals surface area contributed by atoms with Gasteiger partial charge in [-0.15, -0.1) is 0 Å². The predicted molar refractivity (Wildman–Crippen MR) is 76.6 cm³/mol. The minimum atomic E-state index is 0.366. The summed E-state index contributed by atoms with van der Waals surface area (Å²) in [5, 5.41) is 13.8. The number of hydrogen-bond donors (Lipinski definition) is 2. The van der Waals surface area contributed by atoms with Crippen molar-refractivity contribution in [2.45, 2.75) is 56.9 Å². The number of phenols is 1. The number of phenolic OH excluding ortho intramolecular Hbond substituents is 1. The summed E-state index contributed by atoms with van der Waals surface area (Å²) >= 11 is 0. The molecule has 0 radical (unpaired) electrons. The topological polar surface area (TPSA) is 32.3 Å². The fourth-order valence-electron chi connectivity index (χ4n) is 5.20. The molecular weight excluding hydrogens is 234 g/mol. The molecule has 2 fully saturated rings. The molecule has 3 aliphatic rings. The second kappa shape index (κ2) is 3.99. The summed E-state index contributed by atoms with van der Waals surface area (Å²) < 4.78 is 0. The van der Waals surface area contributed by atoms with Crippen molar-refractivity contribution in [2.24, 2.45) is 5.92 Å². The molecule has 2 heteroatoms. The number of rotatable bonds is 0. The van der Waals surface area contributed by atoms with Gasteiger partial charge < -0.3 is 10.4 Å². The maximum absolute atomic E-state index is 10.0. The van der Waals surface area contributed by atoms with Gasteiger partial charge in [-0.2, -0.15) is 0 Å². The number of aryl methyl sites for hydroxylation is 1. The van der Waals surface area contributed by atoms with Crippen molar-refractivity contribution in [1.29, 1.82) is 0 Å². The number of nitrogens with one attached hydrogen (secondary N) is 1. The van der Waals surface area contributed by atoms with Crippen LogP contribution in [-0.4, -0.2) is 17.7 Å².